The summed E-state index contributed by atoms with van der Waals surface area (Å²) in [6, 6.07) is 4.67. The van der Waals surface area contributed by atoms with E-state index in [9.17, 15) is 20.1 Å². The third-order valence-corrected chi connectivity index (χ3v) is 6.63. The zero-order chi connectivity index (χ0) is 23.0. The molecule has 0 saturated carbocycles. The van der Waals surface area contributed by atoms with Crippen molar-refractivity contribution in [2.45, 2.75) is 76.8 Å². The van der Waals surface area contributed by atoms with Gasteiger partial charge in [0.1, 0.15) is 45.5 Å². The smallest absolute Gasteiger partial charge is 0.202 e. The zero-order valence-electron chi connectivity index (χ0n) is 18.7. The molecule has 0 amide bonds. The van der Waals surface area contributed by atoms with Gasteiger partial charge in [-0.15, -0.1) is 0 Å². The van der Waals surface area contributed by atoms with Crippen LogP contribution in [0.15, 0.2) is 18.2 Å². The number of ether oxygens (including phenoxy) is 3. The van der Waals surface area contributed by atoms with Crippen molar-refractivity contribution in [3.8, 4) is 28.7 Å². The predicted molar refractivity (Wildman–Crippen MR) is 116 cm³/mol. The molecule has 0 spiro atoms. The van der Waals surface area contributed by atoms with Gasteiger partial charge < -0.3 is 29.5 Å². The van der Waals surface area contributed by atoms with Crippen LogP contribution in [0.2, 0.25) is 0 Å². The fourth-order valence-corrected chi connectivity index (χ4v) is 4.78. The summed E-state index contributed by atoms with van der Waals surface area (Å²) in [4.78, 5) is 13.1. The van der Waals surface area contributed by atoms with Gasteiger partial charge in [0, 0.05) is 23.3 Å². The van der Waals surface area contributed by atoms with Crippen LogP contribution in [0.1, 0.15) is 73.7 Å². The number of benzene rings is 2. The van der Waals surface area contributed by atoms with Gasteiger partial charge in [-0.3, -0.25) is 4.79 Å². The number of carbonyl (C=O) groups excluding carboxylic acids is 1. The third-order valence-electron chi connectivity index (χ3n) is 6.63. The maximum absolute atomic E-state index is 13.1. The highest BCUT2D eigenvalue weighted by molar-refractivity contribution is 6.06. The van der Waals surface area contributed by atoms with E-state index < -0.39 is 23.6 Å². The maximum Gasteiger partial charge on any atom is 0.202 e. The predicted octanol–water partition coefficient (Wildman–Crippen LogP) is 3.98. The molecule has 0 aromatic heterocycles. The highest BCUT2D eigenvalue weighted by Gasteiger charge is 2.44. The number of carbonyl (C=O) groups is 1. The molecule has 32 heavy (non-hydrogen) atoms. The molecule has 3 aliphatic heterocycles. The lowest BCUT2D eigenvalue weighted by molar-refractivity contribution is 0.0182. The molecule has 2 aromatic rings. The van der Waals surface area contributed by atoms with E-state index in [0.717, 1.165) is 18.4 Å². The first-order chi connectivity index (χ1) is 15.0. The van der Waals surface area contributed by atoms with Gasteiger partial charge in [-0.25, -0.2) is 0 Å². The Hall–Kier alpha value is -2.93. The summed E-state index contributed by atoms with van der Waals surface area (Å²) in [6.45, 7) is 7.89. The van der Waals surface area contributed by atoms with E-state index >= 15 is 0 Å². The Morgan fingerprint density at radius 3 is 2.25 bits per heavy atom. The molecule has 0 bridgehead atoms. The van der Waals surface area contributed by atoms with Crippen LogP contribution in [-0.2, 0) is 12.8 Å². The fraction of sp³-hybridized carbons (Fsp3) is 0.480. The molecule has 2 aromatic carbocycles. The Bertz CT molecular complexity index is 1130. The second kappa shape index (κ2) is 6.78. The second-order valence-corrected chi connectivity index (χ2v) is 10.2. The summed E-state index contributed by atoms with van der Waals surface area (Å²) in [7, 11) is 0. The molecule has 7 nitrogen and oxygen atoms in total. The van der Waals surface area contributed by atoms with E-state index in [1.807, 2.05) is 27.7 Å². The van der Waals surface area contributed by atoms with Gasteiger partial charge in [-0.1, -0.05) is 0 Å². The molecule has 2 atom stereocenters. The standard InChI is InChI=1S/C25H28O7/c1-24(2)7-5-12-9-14(15(26)10-17(12)31-24)23-21(29)20(28)19-16(27)11-18-13(22(19)30-23)6-8-25(3,4)32-18/h9-11,21,23,26-27,29H,5-8H2,1-4H3/t21-,23+/m0/s1. The number of aryl methyl sites for hydroxylation is 1. The van der Waals surface area contributed by atoms with Gasteiger partial charge in [0.15, 0.2) is 12.2 Å². The molecule has 7 heteroatoms. The summed E-state index contributed by atoms with van der Waals surface area (Å²) in [5.74, 6) is 0.217. The van der Waals surface area contributed by atoms with Gasteiger partial charge in [-0.2, -0.15) is 0 Å². The monoisotopic (exact) mass is 440 g/mol. The average molecular weight is 440 g/mol. The van der Waals surface area contributed by atoms with E-state index in [1.165, 1.54) is 12.1 Å². The zero-order valence-corrected chi connectivity index (χ0v) is 18.7. The molecule has 0 radical (unpaired) electrons. The van der Waals surface area contributed by atoms with Gasteiger partial charge in [0.2, 0.25) is 5.78 Å². The van der Waals surface area contributed by atoms with E-state index in [0.29, 0.717) is 35.5 Å². The first-order valence-corrected chi connectivity index (χ1v) is 11.0. The Morgan fingerprint density at radius 2 is 1.53 bits per heavy atom. The van der Waals surface area contributed by atoms with Crippen molar-refractivity contribution in [2.75, 3.05) is 0 Å². The van der Waals surface area contributed by atoms with Crippen LogP contribution in [0.25, 0.3) is 0 Å². The largest absolute Gasteiger partial charge is 0.507 e. The summed E-state index contributed by atoms with van der Waals surface area (Å²) in [6.07, 6.45) is 0.157. The van der Waals surface area contributed by atoms with Crippen molar-refractivity contribution in [1.82, 2.24) is 0 Å². The lowest BCUT2D eigenvalue weighted by Gasteiger charge is -2.37. The minimum Gasteiger partial charge on any atom is -0.507 e. The summed E-state index contributed by atoms with van der Waals surface area (Å²) in [5, 5.41) is 32.1. The van der Waals surface area contributed by atoms with E-state index in [-0.39, 0.29) is 28.4 Å². The van der Waals surface area contributed by atoms with Gasteiger partial charge in [0.05, 0.1) is 0 Å². The number of hydrogen-bond acceptors (Lipinski definition) is 7. The Kier molecular flexibility index (Phi) is 4.44. The lowest BCUT2D eigenvalue weighted by atomic mass is 9.86. The van der Waals surface area contributed by atoms with Crippen LogP contribution < -0.4 is 14.2 Å². The van der Waals surface area contributed by atoms with E-state index in [1.54, 1.807) is 6.07 Å². The topological polar surface area (TPSA) is 105 Å². The molecule has 3 aliphatic rings. The number of ketones is 1. The van der Waals surface area contributed by atoms with Crippen molar-refractivity contribution in [1.29, 1.82) is 0 Å². The number of phenolic OH excluding ortho intramolecular Hbond substituents is 2. The Morgan fingerprint density at radius 1 is 0.906 bits per heavy atom. The number of rotatable bonds is 1. The molecular weight excluding hydrogens is 412 g/mol. The first-order valence-electron chi connectivity index (χ1n) is 11.0. The molecule has 3 N–H and O–H groups in total. The normalized spacial score (nSPS) is 24.8. The van der Waals surface area contributed by atoms with Crippen molar-refractivity contribution < 1.29 is 34.3 Å². The van der Waals surface area contributed by atoms with Crippen LogP contribution in [0.3, 0.4) is 0 Å². The molecule has 0 aliphatic carbocycles. The number of aromatic hydroxyl groups is 2. The number of Topliss-reactive ketones (excluding diaryl/α,β-unsaturated/α-hetero) is 1. The Labute approximate surface area is 186 Å². The highest BCUT2D eigenvalue weighted by Crippen LogP contribution is 2.50. The molecule has 170 valence electrons. The minimum atomic E-state index is -1.57. The summed E-state index contributed by atoms with van der Waals surface area (Å²) in [5.41, 5.74) is 1.10. The molecule has 0 fully saturated rings. The first kappa shape index (κ1) is 20.9. The molecule has 0 unspecified atom stereocenters. The number of aliphatic hydroxyl groups excluding tert-OH is 1. The summed E-state index contributed by atoms with van der Waals surface area (Å²) >= 11 is 0. The van der Waals surface area contributed by atoms with E-state index in [2.05, 4.69) is 0 Å². The Balaban J connectivity index is 1.59. The SMILES string of the molecule is CC1(C)CCc2cc([C@H]3Oc4c5c(cc(O)c4C(=O)[C@@H]3O)OC(C)(C)CC5)c(O)cc2O1. The maximum atomic E-state index is 13.1. The number of phenols is 2. The second-order valence-electron chi connectivity index (χ2n) is 10.2. The average Bonchev–Trinajstić information content (AvgIpc) is 2.68. The molecule has 0 saturated heterocycles. The molecule has 5 rings (SSSR count). The van der Waals surface area contributed by atoms with Crippen LogP contribution >= 0.6 is 0 Å². The molecular formula is C25H28O7. The van der Waals surface area contributed by atoms with Crippen LogP contribution in [-0.4, -0.2) is 38.4 Å². The van der Waals surface area contributed by atoms with Gasteiger partial charge >= 0.3 is 0 Å². The number of fused-ring (bicyclic) bond motifs is 4. The van der Waals surface area contributed by atoms with Gasteiger partial charge in [0.25, 0.3) is 0 Å². The fourth-order valence-electron chi connectivity index (χ4n) is 4.78. The van der Waals surface area contributed by atoms with Crippen LogP contribution in [0.5, 0.6) is 28.7 Å². The van der Waals surface area contributed by atoms with Crippen molar-refractivity contribution in [3.63, 3.8) is 0 Å². The lowest BCUT2D eigenvalue weighted by Crippen LogP contribution is -2.38. The highest BCUT2D eigenvalue weighted by atomic mass is 16.5. The summed E-state index contributed by atoms with van der Waals surface area (Å²) < 4.78 is 18.1. The number of aliphatic hydroxyl groups is 1. The van der Waals surface area contributed by atoms with Gasteiger partial charge in [-0.05, 0) is 65.0 Å². The van der Waals surface area contributed by atoms with E-state index in [4.69, 9.17) is 14.2 Å². The molecule has 3 heterocycles. The van der Waals surface area contributed by atoms with Crippen LogP contribution in [0.4, 0.5) is 0 Å². The van der Waals surface area contributed by atoms with Crippen molar-refractivity contribution in [3.05, 3.63) is 40.5 Å². The number of hydrogen-bond donors (Lipinski definition) is 3. The quantitative estimate of drug-likeness (QED) is 0.616. The third kappa shape index (κ3) is 3.26. The van der Waals surface area contributed by atoms with Crippen molar-refractivity contribution >= 4 is 5.78 Å². The minimum absolute atomic E-state index is 0.0432. The van der Waals surface area contributed by atoms with Crippen molar-refractivity contribution in [2.24, 2.45) is 0 Å². The van der Waals surface area contributed by atoms with Crippen LogP contribution in [0, 0.1) is 0 Å².